The van der Waals surface area contributed by atoms with Crippen molar-refractivity contribution in [2.24, 2.45) is 0 Å². The van der Waals surface area contributed by atoms with Crippen LogP contribution >= 0.6 is 11.6 Å². The second-order valence-electron chi connectivity index (χ2n) is 4.37. The average molecular weight is 315 g/mol. The summed E-state index contributed by atoms with van der Waals surface area (Å²) in [6, 6.07) is 12.1. The molecular weight excluding hydrogens is 304 g/mol. The number of phenolic OH excluding ortho intramolecular Hbond substituents is 2. The van der Waals surface area contributed by atoms with Crippen LogP contribution in [-0.4, -0.2) is 16.1 Å². The van der Waals surface area contributed by atoms with E-state index in [1.54, 1.807) is 30.3 Å². The van der Waals surface area contributed by atoms with Crippen molar-refractivity contribution in [2.75, 3.05) is 5.32 Å². The third kappa shape index (κ3) is 3.78. The fraction of sp³-hybridized carbons (Fsp3) is 0. The smallest absolute Gasteiger partial charge is 0.266 e. The Bertz CT molecular complexity index is 777. The highest BCUT2D eigenvalue weighted by Gasteiger charge is 2.11. The van der Waals surface area contributed by atoms with Gasteiger partial charge in [-0.25, -0.2) is 0 Å². The van der Waals surface area contributed by atoms with Gasteiger partial charge in [-0.05, 0) is 42.5 Å². The summed E-state index contributed by atoms with van der Waals surface area (Å²) in [5.41, 5.74) is 0.557. The molecule has 2 aromatic rings. The number of hydrogen-bond donors (Lipinski definition) is 3. The molecule has 0 saturated carbocycles. The lowest BCUT2D eigenvalue weighted by molar-refractivity contribution is -0.112. The van der Waals surface area contributed by atoms with Gasteiger partial charge in [-0.15, -0.1) is 0 Å². The number of benzene rings is 2. The number of phenols is 2. The van der Waals surface area contributed by atoms with Crippen molar-refractivity contribution < 1.29 is 15.0 Å². The molecule has 0 unspecified atom stereocenters. The standard InChI is InChI=1S/C16H11ClN2O3/c17-12-2-4-13(5-3-12)19-16(22)11(9-18)7-10-1-6-14(20)8-15(10)21/h1-8,20-21H,(H,19,22)/b11-7-. The molecule has 0 heterocycles. The first-order valence-electron chi connectivity index (χ1n) is 6.20. The number of carbonyl (C=O) groups is 1. The minimum Gasteiger partial charge on any atom is -0.508 e. The number of carbonyl (C=O) groups excluding carboxylic acids is 1. The van der Waals surface area contributed by atoms with E-state index in [4.69, 9.17) is 16.9 Å². The van der Waals surface area contributed by atoms with E-state index in [0.717, 1.165) is 6.07 Å². The van der Waals surface area contributed by atoms with Gasteiger partial charge in [-0.3, -0.25) is 4.79 Å². The Hall–Kier alpha value is -2.97. The fourth-order valence-electron chi connectivity index (χ4n) is 1.69. The monoisotopic (exact) mass is 314 g/mol. The number of nitrogens with one attached hydrogen (secondary N) is 1. The molecule has 0 aromatic heterocycles. The summed E-state index contributed by atoms with van der Waals surface area (Å²) in [7, 11) is 0. The van der Waals surface area contributed by atoms with Gasteiger partial charge in [0.25, 0.3) is 5.91 Å². The summed E-state index contributed by atoms with van der Waals surface area (Å²) in [4.78, 5) is 12.0. The molecule has 0 aliphatic carbocycles. The molecule has 2 rings (SSSR count). The number of amides is 1. The van der Waals surface area contributed by atoms with Crippen LogP contribution in [0.4, 0.5) is 5.69 Å². The molecule has 110 valence electrons. The molecule has 0 fully saturated rings. The summed E-state index contributed by atoms with van der Waals surface area (Å²) in [6.07, 6.45) is 1.24. The van der Waals surface area contributed by atoms with Gasteiger partial charge in [0.05, 0.1) is 0 Å². The predicted molar refractivity (Wildman–Crippen MR) is 83.4 cm³/mol. The lowest BCUT2D eigenvalue weighted by Crippen LogP contribution is -2.13. The van der Waals surface area contributed by atoms with E-state index in [9.17, 15) is 15.0 Å². The first-order chi connectivity index (χ1) is 10.5. The van der Waals surface area contributed by atoms with E-state index in [2.05, 4.69) is 5.32 Å². The van der Waals surface area contributed by atoms with Crippen LogP contribution in [0.5, 0.6) is 11.5 Å². The van der Waals surface area contributed by atoms with Crippen molar-refractivity contribution in [3.8, 4) is 17.6 Å². The highest BCUT2D eigenvalue weighted by Crippen LogP contribution is 2.25. The zero-order chi connectivity index (χ0) is 16.1. The van der Waals surface area contributed by atoms with Crippen molar-refractivity contribution in [2.45, 2.75) is 0 Å². The molecule has 5 nitrogen and oxygen atoms in total. The third-order valence-corrected chi connectivity index (χ3v) is 3.03. The molecule has 2 aromatic carbocycles. The Morgan fingerprint density at radius 3 is 2.45 bits per heavy atom. The molecule has 6 heteroatoms. The topological polar surface area (TPSA) is 93.3 Å². The summed E-state index contributed by atoms with van der Waals surface area (Å²) >= 11 is 5.75. The second kappa shape index (κ2) is 6.66. The molecule has 0 saturated heterocycles. The molecule has 0 bridgehead atoms. The molecule has 3 N–H and O–H groups in total. The number of halogens is 1. The maximum absolute atomic E-state index is 12.0. The first-order valence-corrected chi connectivity index (χ1v) is 6.58. The van der Waals surface area contributed by atoms with Gasteiger partial charge < -0.3 is 15.5 Å². The van der Waals surface area contributed by atoms with Crippen molar-refractivity contribution in [3.63, 3.8) is 0 Å². The van der Waals surface area contributed by atoms with Gasteiger partial charge in [-0.1, -0.05) is 11.6 Å². The lowest BCUT2D eigenvalue weighted by atomic mass is 10.1. The van der Waals surface area contributed by atoms with Crippen molar-refractivity contribution in [1.82, 2.24) is 0 Å². The Morgan fingerprint density at radius 1 is 1.18 bits per heavy atom. The Kier molecular flexibility index (Phi) is 4.66. The number of nitriles is 1. The fourth-order valence-corrected chi connectivity index (χ4v) is 1.82. The van der Waals surface area contributed by atoms with Crippen LogP contribution in [0.2, 0.25) is 5.02 Å². The highest BCUT2D eigenvalue weighted by molar-refractivity contribution is 6.30. The number of aromatic hydroxyl groups is 2. The molecule has 0 radical (unpaired) electrons. The number of rotatable bonds is 3. The summed E-state index contributed by atoms with van der Waals surface area (Å²) < 4.78 is 0. The normalized spacial score (nSPS) is 10.8. The number of hydrogen-bond acceptors (Lipinski definition) is 4. The summed E-state index contributed by atoms with van der Waals surface area (Å²) in [6.45, 7) is 0. The predicted octanol–water partition coefficient (Wildman–Crippen LogP) is 3.30. The Labute approximate surface area is 131 Å². The Morgan fingerprint density at radius 2 is 1.86 bits per heavy atom. The van der Waals surface area contributed by atoms with E-state index in [1.807, 2.05) is 0 Å². The van der Waals surface area contributed by atoms with Crippen molar-refractivity contribution in [1.29, 1.82) is 5.26 Å². The number of nitrogens with zero attached hydrogens (tertiary/aromatic N) is 1. The van der Waals surface area contributed by atoms with E-state index < -0.39 is 5.91 Å². The van der Waals surface area contributed by atoms with Crippen LogP contribution in [0.3, 0.4) is 0 Å². The summed E-state index contributed by atoms with van der Waals surface area (Å²) in [5, 5.41) is 31.1. The average Bonchev–Trinajstić information content (AvgIpc) is 2.49. The zero-order valence-electron chi connectivity index (χ0n) is 11.2. The molecule has 0 aliphatic heterocycles. The van der Waals surface area contributed by atoms with Crippen LogP contribution < -0.4 is 5.32 Å². The van der Waals surface area contributed by atoms with Crippen LogP contribution in [-0.2, 0) is 4.79 Å². The van der Waals surface area contributed by atoms with Gasteiger partial charge in [0, 0.05) is 22.3 Å². The van der Waals surface area contributed by atoms with E-state index in [0.29, 0.717) is 10.7 Å². The van der Waals surface area contributed by atoms with Gasteiger partial charge >= 0.3 is 0 Å². The molecule has 0 aliphatic rings. The molecule has 0 spiro atoms. The lowest BCUT2D eigenvalue weighted by Gasteiger charge is -2.05. The highest BCUT2D eigenvalue weighted by atomic mass is 35.5. The van der Waals surface area contributed by atoms with Crippen LogP contribution in [0.25, 0.3) is 6.08 Å². The number of anilines is 1. The van der Waals surface area contributed by atoms with E-state index in [1.165, 1.54) is 18.2 Å². The SMILES string of the molecule is N#C/C(=C/c1ccc(O)cc1O)C(=O)Nc1ccc(Cl)cc1. The molecular formula is C16H11ClN2O3. The maximum atomic E-state index is 12.0. The van der Waals surface area contributed by atoms with Gasteiger partial charge in [0.1, 0.15) is 23.1 Å². The molecule has 1 amide bonds. The van der Waals surface area contributed by atoms with Gasteiger partial charge in [0.15, 0.2) is 0 Å². The first kappa shape index (κ1) is 15.4. The maximum Gasteiger partial charge on any atom is 0.266 e. The quantitative estimate of drug-likeness (QED) is 0.598. The third-order valence-electron chi connectivity index (χ3n) is 2.78. The summed E-state index contributed by atoms with van der Waals surface area (Å²) in [5.74, 6) is -0.955. The molecule has 22 heavy (non-hydrogen) atoms. The van der Waals surface area contributed by atoms with Crippen LogP contribution in [0.15, 0.2) is 48.0 Å². The van der Waals surface area contributed by atoms with Gasteiger partial charge in [-0.2, -0.15) is 5.26 Å². The minimum absolute atomic E-state index is 0.112. The van der Waals surface area contributed by atoms with Crippen LogP contribution in [0, 0.1) is 11.3 Å². The molecule has 0 atom stereocenters. The Balaban J connectivity index is 2.23. The van der Waals surface area contributed by atoms with Crippen molar-refractivity contribution in [3.05, 3.63) is 58.6 Å². The zero-order valence-corrected chi connectivity index (χ0v) is 12.0. The van der Waals surface area contributed by atoms with Crippen molar-refractivity contribution >= 4 is 29.3 Å². The minimum atomic E-state index is -0.614. The second-order valence-corrected chi connectivity index (χ2v) is 4.81. The largest absolute Gasteiger partial charge is 0.508 e. The van der Waals surface area contributed by atoms with E-state index in [-0.39, 0.29) is 22.6 Å². The van der Waals surface area contributed by atoms with Gasteiger partial charge in [0.2, 0.25) is 0 Å². The van der Waals surface area contributed by atoms with E-state index >= 15 is 0 Å². The van der Waals surface area contributed by atoms with Crippen LogP contribution in [0.1, 0.15) is 5.56 Å².